The molecule has 0 aliphatic carbocycles. The molecule has 0 aromatic rings. The minimum Gasteiger partial charge on any atom is -0.466 e. The maximum Gasteiger partial charge on any atom is 0.305 e. The van der Waals surface area contributed by atoms with Crippen molar-refractivity contribution >= 4 is 11.9 Å². The van der Waals surface area contributed by atoms with E-state index in [-0.39, 0.29) is 18.5 Å². The van der Waals surface area contributed by atoms with E-state index in [2.05, 4.69) is 31.3 Å². The first-order chi connectivity index (χ1) is 33.5. The number of nitrogens with one attached hydrogen (secondary N) is 1. The fourth-order valence-corrected chi connectivity index (χ4v) is 9.80. The fourth-order valence-electron chi connectivity index (χ4n) is 9.80. The number of ether oxygens (including phenoxy) is 1. The Kier molecular flexibility index (Phi) is 57.0. The second-order valence-electron chi connectivity index (χ2n) is 21.4. The van der Waals surface area contributed by atoms with Gasteiger partial charge in [-0.15, -0.1) is 0 Å². The number of carbonyl (C=O) groups excluding carboxylic acids is 2. The Morgan fingerprint density at radius 1 is 0.397 bits per heavy atom. The first-order valence-corrected chi connectivity index (χ1v) is 30.9. The first-order valence-electron chi connectivity index (χ1n) is 30.9. The number of unbranched alkanes of at least 4 members (excludes halogenated alkanes) is 45. The minimum absolute atomic E-state index is 0.00472. The van der Waals surface area contributed by atoms with Gasteiger partial charge in [0.25, 0.3) is 0 Å². The summed E-state index contributed by atoms with van der Waals surface area (Å²) in [6.45, 7) is 4.93. The van der Waals surface area contributed by atoms with E-state index in [0.29, 0.717) is 25.9 Å². The standard InChI is InChI=1S/C62H121NO5/c1-3-5-7-9-11-13-15-16-17-18-19-20-21-22-23-25-28-31-35-38-42-46-50-54-60(65)59(58-64)63-61(66)55-51-47-43-39-36-32-29-26-24-27-30-33-37-41-45-49-53-57-68-62(67)56-52-48-44-40-34-14-12-10-8-6-4-2/h10,12,59-60,64-65H,3-9,11,13-58H2,1-2H3,(H,63,66)/b12-10-. The summed E-state index contributed by atoms with van der Waals surface area (Å²) in [7, 11) is 0. The van der Waals surface area contributed by atoms with Crippen LogP contribution in [0.4, 0.5) is 0 Å². The lowest BCUT2D eigenvalue weighted by Crippen LogP contribution is -2.45. The maximum absolute atomic E-state index is 12.5. The highest BCUT2D eigenvalue weighted by Crippen LogP contribution is 2.18. The molecule has 0 saturated heterocycles. The van der Waals surface area contributed by atoms with E-state index < -0.39 is 12.1 Å². The molecule has 404 valence electrons. The average Bonchev–Trinajstić information content (AvgIpc) is 3.34. The molecule has 2 unspecified atom stereocenters. The van der Waals surface area contributed by atoms with Gasteiger partial charge < -0.3 is 20.3 Å². The zero-order chi connectivity index (χ0) is 49.3. The molecule has 68 heavy (non-hydrogen) atoms. The van der Waals surface area contributed by atoms with Crippen LogP contribution in [-0.2, 0) is 14.3 Å². The zero-order valence-corrected chi connectivity index (χ0v) is 46.1. The van der Waals surface area contributed by atoms with Crippen LogP contribution >= 0.6 is 0 Å². The van der Waals surface area contributed by atoms with Gasteiger partial charge in [0.1, 0.15) is 0 Å². The van der Waals surface area contributed by atoms with E-state index in [1.54, 1.807) is 0 Å². The summed E-state index contributed by atoms with van der Waals surface area (Å²) >= 11 is 0. The van der Waals surface area contributed by atoms with Crippen molar-refractivity contribution in [1.29, 1.82) is 0 Å². The average molecular weight is 961 g/mol. The molecule has 0 radical (unpaired) electrons. The molecule has 0 aromatic heterocycles. The van der Waals surface area contributed by atoms with Gasteiger partial charge >= 0.3 is 5.97 Å². The van der Waals surface area contributed by atoms with E-state index >= 15 is 0 Å². The van der Waals surface area contributed by atoms with Crippen LogP contribution in [0.5, 0.6) is 0 Å². The second kappa shape index (κ2) is 58.2. The lowest BCUT2D eigenvalue weighted by Gasteiger charge is -2.22. The van der Waals surface area contributed by atoms with Crippen LogP contribution in [0.25, 0.3) is 0 Å². The van der Waals surface area contributed by atoms with E-state index in [9.17, 15) is 19.8 Å². The molecule has 0 aliphatic heterocycles. The minimum atomic E-state index is -0.669. The summed E-state index contributed by atoms with van der Waals surface area (Å²) in [6.07, 6.45) is 69.3. The van der Waals surface area contributed by atoms with Gasteiger partial charge in [0.15, 0.2) is 0 Å². The van der Waals surface area contributed by atoms with Gasteiger partial charge in [-0.1, -0.05) is 302 Å². The van der Waals surface area contributed by atoms with Crippen molar-refractivity contribution in [2.24, 2.45) is 0 Å². The molecule has 0 aliphatic rings. The van der Waals surface area contributed by atoms with Crippen molar-refractivity contribution in [1.82, 2.24) is 5.32 Å². The molecule has 0 bridgehead atoms. The summed E-state index contributed by atoms with van der Waals surface area (Å²) in [6, 6.07) is -0.546. The quantitative estimate of drug-likeness (QED) is 0.0321. The third-order valence-electron chi connectivity index (χ3n) is 14.6. The smallest absolute Gasteiger partial charge is 0.305 e. The number of amides is 1. The molecule has 2 atom stereocenters. The van der Waals surface area contributed by atoms with Gasteiger partial charge in [0.05, 0.1) is 25.4 Å². The van der Waals surface area contributed by atoms with E-state index in [1.807, 2.05) is 0 Å². The van der Waals surface area contributed by atoms with Gasteiger partial charge in [-0.05, 0) is 44.9 Å². The summed E-state index contributed by atoms with van der Waals surface area (Å²) in [4.78, 5) is 24.5. The van der Waals surface area contributed by atoms with Crippen LogP contribution < -0.4 is 5.32 Å². The van der Waals surface area contributed by atoms with Crippen molar-refractivity contribution in [2.45, 2.75) is 360 Å². The molecule has 3 N–H and O–H groups in total. The molecule has 0 fully saturated rings. The number of esters is 1. The predicted molar refractivity (Wildman–Crippen MR) is 297 cm³/mol. The Hall–Kier alpha value is -1.40. The molecule has 0 saturated carbocycles. The molecule has 0 spiro atoms. The lowest BCUT2D eigenvalue weighted by molar-refractivity contribution is -0.143. The number of hydrogen-bond donors (Lipinski definition) is 3. The molecule has 1 amide bonds. The predicted octanol–water partition coefficient (Wildman–Crippen LogP) is 19.2. The van der Waals surface area contributed by atoms with E-state index in [0.717, 1.165) is 44.9 Å². The van der Waals surface area contributed by atoms with Crippen LogP contribution in [0.1, 0.15) is 348 Å². The fraction of sp³-hybridized carbons (Fsp3) is 0.935. The molecule has 0 heterocycles. The van der Waals surface area contributed by atoms with E-state index in [1.165, 1.54) is 270 Å². The highest BCUT2D eigenvalue weighted by Gasteiger charge is 2.20. The number of aliphatic hydroxyl groups is 2. The highest BCUT2D eigenvalue weighted by atomic mass is 16.5. The number of aliphatic hydroxyl groups excluding tert-OH is 2. The Morgan fingerprint density at radius 2 is 0.706 bits per heavy atom. The van der Waals surface area contributed by atoms with Crippen LogP contribution in [-0.4, -0.2) is 47.4 Å². The van der Waals surface area contributed by atoms with Gasteiger partial charge in [0.2, 0.25) is 5.91 Å². The monoisotopic (exact) mass is 960 g/mol. The molecule has 0 rings (SSSR count). The topological polar surface area (TPSA) is 95.9 Å². The number of allylic oxidation sites excluding steroid dienone is 2. The molecule has 6 heteroatoms. The second-order valence-corrected chi connectivity index (χ2v) is 21.4. The number of rotatable bonds is 58. The Balaban J connectivity index is 3.42. The highest BCUT2D eigenvalue weighted by molar-refractivity contribution is 5.76. The SMILES string of the molecule is CCCC/C=C\CCCCCCCC(=O)OCCCCCCCCCCCCCCCCCCCC(=O)NC(CO)C(O)CCCCCCCCCCCCCCCCCCCCCCCCC. The van der Waals surface area contributed by atoms with Crippen molar-refractivity contribution in [3.8, 4) is 0 Å². The Labute approximate surface area is 425 Å². The summed E-state index contributed by atoms with van der Waals surface area (Å²) < 4.78 is 5.45. The van der Waals surface area contributed by atoms with Crippen molar-refractivity contribution < 1.29 is 24.5 Å². The van der Waals surface area contributed by atoms with Crippen LogP contribution in [0, 0.1) is 0 Å². The molecule has 6 nitrogen and oxygen atoms in total. The van der Waals surface area contributed by atoms with Crippen LogP contribution in [0.15, 0.2) is 12.2 Å². The first kappa shape index (κ1) is 66.6. The summed E-state index contributed by atoms with van der Waals surface area (Å²) in [5, 5.41) is 23.4. The number of hydrogen-bond acceptors (Lipinski definition) is 5. The van der Waals surface area contributed by atoms with Crippen molar-refractivity contribution in [3.05, 3.63) is 12.2 Å². The van der Waals surface area contributed by atoms with Gasteiger partial charge in [0, 0.05) is 12.8 Å². The lowest BCUT2D eigenvalue weighted by atomic mass is 10.0. The van der Waals surface area contributed by atoms with Crippen LogP contribution in [0.3, 0.4) is 0 Å². The largest absolute Gasteiger partial charge is 0.466 e. The van der Waals surface area contributed by atoms with Crippen LogP contribution in [0.2, 0.25) is 0 Å². The van der Waals surface area contributed by atoms with E-state index in [4.69, 9.17) is 4.74 Å². The Morgan fingerprint density at radius 3 is 1.09 bits per heavy atom. The normalized spacial score (nSPS) is 12.6. The summed E-state index contributed by atoms with van der Waals surface area (Å²) in [5.41, 5.74) is 0. The third-order valence-corrected chi connectivity index (χ3v) is 14.6. The van der Waals surface area contributed by atoms with Gasteiger partial charge in [-0.2, -0.15) is 0 Å². The van der Waals surface area contributed by atoms with Gasteiger partial charge in [-0.3, -0.25) is 9.59 Å². The Bertz CT molecular complexity index is 1020. The zero-order valence-electron chi connectivity index (χ0n) is 46.1. The third kappa shape index (κ3) is 53.9. The number of carbonyl (C=O) groups is 2. The maximum atomic E-state index is 12.5. The molecule has 0 aromatic carbocycles. The van der Waals surface area contributed by atoms with Gasteiger partial charge in [-0.25, -0.2) is 0 Å². The molecular weight excluding hydrogens is 839 g/mol. The van der Waals surface area contributed by atoms with Crippen molar-refractivity contribution in [2.75, 3.05) is 13.2 Å². The summed E-state index contributed by atoms with van der Waals surface area (Å²) in [5.74, 6) is -0.0411. The molecular formula is C62H121NO5. The van der Waals surface area contributed by atoms with Crippen molar-refractivity contribution in [3.63, 3.8) is 0 Å².